The van der Waals surface area contributed by atoms with Crippen molar-refractivity contribution in [3.8, 4) is 11.5 Å². The van der Waals surface area contributed by atoms with Crippen LogP contribution in [0, 0.1) is 0 Å². The van der Waals surface area contributed by atoms with Gasteiger partial charge in [0.15, 0.2) is 5.82 Å². The predicted molar refractivity (Wildman–Crippen MR) is 84.9 cm³/mol. The molecule has 0 radical (unpaired) electrons. The van der Waals surface area contributed by atoms with Crippen molar-refractivity contribution in [2.24, 2.45) is 5.73 Å². The highest BCUT2D eigenvalue weighted by Crippen LogP contribution is 2.35. The van der Waals surface area contributed by atoms with Gasteiger partial charge in [0.05, 0.1) is 10.4 Å². The summed E-state index contributed by atoms with van der Waals surface area (Å²) < 4.78 is 30.9. The third-order valence-corrected chi connectivity index (χ3v) is 6.04. The molecule has 124 valence electrons. The van der Waals surface area contributed by atoms with Gasteiger partial charge >= 0.3 is 0 Å². The van der Waals surface area contributed by atoms with Gasteiger partial charge in [-0.15, -0.1) is 0 Å². The molecule has 23 heavy (non-hydrogen) atoms. The van der Waals surface area contributed by atoms with Crippen LogP contribution in [0.15, 0.2) is 33.7 Å². The van der Waals surface area contributed by atoms with E-state index in [9.17, 15) is 8.42 Å². The first kappa shape index (κ1) is 16.1. The summed E-state index contributed by atoms with van der Waals surface area (Å²) in [7, 11) is -0.527. The minimum atomic E-state index is -3.51. The van der Waals surface area contributed by atoms with Crippen LogP contribution in [0.5, 0.6) is 0 Å². The van der Waals surface area contributed by atoms with E-state index < -0.39 is 15.6 Å². The van der Waals surface area contributed by atoms with Crippen molar-refractivity contribution < 1.29 is 12.9 Å². The van der Waals surface area contributed by atoms with Crippen LogP contribution in [0.25, 0.3) is 11.5 Å². The lowest BCUT2D eigenvalue weighted by Gasteiger charge is -2.17. The molecule has 1 heterocycles. The van der Waals surface area contributed by atoms with Crippen molar-refractivity contribution >= 4 is 10.0 Å². The lowest BCUT2D eigenvalue weighted by atomic mass is 9.99. The summed E-state index contributed by atoms with van der Waals surface area (Å²) in [6.45, 7) is 0. The van der Waals surface area contributed by atoms with Gasteiger partial charge in [0.1, 0.15) is 0 Å². The van der Waals surface area contributed by atoms with E-state index in [1.807, 2.05) is 0 Å². The van der Waals surface area contributed by atoms with E-state index in [2.05, 4.69) is 10.1 Å². The molecule has 0 atom stereocenters. The molecular weight excluding hydrogens is 316 g/mol. The van der Waals surface area contributed by atoms with Crippen LogP contribution in [0.1, 0.15) is 31.5 Å². The molecule has 0 bridgehead atoms. The number of hydrogen-bond acceptors (Lipinski definition) is 6. The highest BCUT2D eigenvalue weighted by Gasteiger charge is 2.36. The molecule has 1 aliphatic rings. The van der Waals surface area contributed by atoms with Crippen molar-refractivity contribution in [3.63, 3.8) is 0 Å². The maximum atomic E-state index is 12.2. The molecule has 0 spiro atoms. The number of benzene rings is 1. The molecule has 7 nitrogen and oxygen atoms in total. The first-order valence-corrected chi connectivity index (χ1v) is 8.93. The molecule has 1 aromatic carbocycles. The Morgan fingerprint density at radius 1 is 1.26 bits per heavy atom. The Kier molecular flexibility index (Phi) is 3.99. The maximum absolute atomic E-state index is 12.2. The zero-order valence-corrected chi connectivity index (χ0v) is 14.0. The zero-order valence-electron chi connectivity index (χ0n) is 13.2. The molecule has 0 saturated heterocycles. The van der Waals surface area contributed by atoms with Crippen LogP contribution in [0.2, 0.25) is 0 Å². The van der Waals surface area contributed by atoms with Gasteiger partial charge in [0.2, 0.25) is 10.0 Å². The SMILES string of the molecule is CN(C)S(=O)(=O)c1cccc(-c2nc(C3(N)CCCC3)no2)c1. The summed E-state index contributed by atoms with van der Waals surface area (Å²) in [4.78, 5) is 4.57. The van der Waals surface area contributed by atoms with Gasteiger partial charge in [0.25, 0.3) is 5.89 Å². The number of rotatable bonds is 4. The smallest absolute Gasteiger partial charge is 0.258 e. The lowest BCUT2D eigenvalue weighted by molar-refractivity contribution is 0.372. The third-order valence-electron chi connectivity index (χ3n) is 4.23. The predicted octanol–water partition coefficient (Wildman–Crippen LogP) is 1.71. The number of aromatic nitrogens is 2. The molecule has 1 fully saturated rings. The highest BCUT2D eigenvalue weighted by atomic mass is 32.2. The lowest BCUT2D eigenvalue weighted by Crippen LogP contribution is -2.34. The minimum absolute atomic E-state index is 0.183. The van der Waals surface area contributed by atoms with Gasteiger partial charge in [-0.3, -0.25) is 0 Å². The Hall–Kier alpha value is -1.77. The van der Waals surface area contributed by atoms with E-state index in [1.165, 1.54) is 30.5 Å². The van der Waals surface area contributed by atoms with E-state index in [4.69, 9.17) is 10.3 Å². The largest absolute Gasteiger partial charge is 0.334 e. The first-order valence-electron chi connectivity index (χ1n) is 7.49. The number of nitrogens with zero attached hydrogens (tertiary/aromatic N) is 3. The molecule has 1 aliphatic carbocycles. The van der Waals surface area contributed by atoms with E-state index in [0.717, 1.165) is 25.7 Å². The van der Waals surface area contributed by atoms with Crippen LogP contribution in [0.4, 0.5) is 0 Å². The zero-order chi connectivity index (χ0) is 16.7. The maximum Gasteiger partial charge on any atom is 0.258 e. The van der Waals surface area contributed by atoms with E-state index in [1.54, 1.807) is 12.1 Å². The van der Waals surface area contributed by atoms with Gasteiger partial charge in [-0.05, 0) is 31.0 Å². The number of sulfonamides is 1. The van der Waals surface area contributed by atoms with Crippen LogP contribution in [-0.4, -0.2) is 37.0 Å². The second kappa shape index (κ2) is 5.70. The molecule has 1 aromatic heterocycles. The standard InChI is InChI=1S/C15H20N4O3S/c1-19(2)23(20,21)12-7-5-6-11(10-12)13-17-14(18-22-13)15(16)8-3-4-9-15/h5-7,10H,3-4,8-9,16H2,1-2H3. The van der Waals surface area contributed by atoms with Crippen molar-refractivity contribution in [1.29, 1.82) is 0 Å². The first-order chi connectivity index (χ1) is 10.8. The average molecular weight is 336 g/mol. The summed E-state index contributed by atoms with van der Waals surface area (Å²) >= 11 is 0. The van der Waals surface area contributed by atoms with Crippen molar-refractivity contribution in [3.05, 3.63) is 30.1 Å². The van der Waals surface area contributed by atoms with Crippen LogP contribution >= 0.6 is 0 Å². The van der Waals surface area contributed by atoms with Crippen molar-refractivity contribution in [2.45, 2.75) is 36.1 Å². The third kappa shape index (κ3) is 2.89. The fourth-order valence-corrected chi connectivity index (χ4v) is 3.72. The summed E-state index contributed by atoms with van der Waals surface area (Å²) in [5, 5.41) is 4.00. The van der Waals surface area contributed by atoms with Crippen LogP contribution in [0.3, 0.4) is 0 Å². The summed E-state index contributed by atoms with van der Waals surface area (Å²) in [5.41, 5.74) is 6.35. The highest BCUT2D eigenvalue weighted by molar-refractivity contribution is 7.89. The van der Waals surface area contributed by atoms with Crippen molar-refractivity contribution in [2.75, 3.05) is 14.1 Å². The van der Waals surface area contributed by atoms with E-state index >= 15 is 0 Å². The fourth-order valence-electron chi connectivity index (χ4n) is 2.77. The minimum Gasteiger partial charge on any atom is -0.334 e. The molecule has 1 saturated carbocycles. The monoisotopic (exact) mass is 336 g/mol. The van der Waals surface area contributed by atoms with Gasteiger partial charge < -0.3 is 10.3 Å². The number of nitrogens with two attached hydrogens (primary N) is 1. The average Bonchev–Trinajstić information content (AvgIpc) is 3.17. The topological polar surface area (TPSA) is 102 Å². The Morgan fingerprint density at radius 2 is 1.96 bits per heavy atom. The van der Waals surface area contributed by atoms with Gasteiger partial charge in [-0.1, -0.05) is 24.1 Å². The van der Waals surface area contributed by atoms with Gasteiger partial charge in [0, 0.05) is 19.7 Å². The Bertz CT molecular complexity index is 808. The summed E-state index contributed by atoms with van der Waals surface area (Å²) in [5.74, 6) is 0.776. The number of hydrogen-bond donors (Lipinski definition) is 1. The van der Waals surface area contributed by atoms with Gasteiger partial charge in [-0.2, -0.15) is 4.98 Å². The van der Waals surface area contributed by atoms with E-state index in [-0.39, 0.29) is 10.8 Å². The summed E-state index contributed by atoms with van der Waals surface area (Å²) in [6, 6.07) is 6.47. The fraction of sp³-hybridized carbons (Fsp3) is 0.467. The molecule has 0 unspecified atom stereocenters. The van der Waals surface area contributed by atoms with Crippen LogP contribution < -0.4 is 5.73 Å². The summed E-state index contributed by atoms with van der Waals surface area (Å²) in [6.07, 6.45) is 3.77. The quantitative estimate of drug-likeness (QED) is 0.912. The second-order valence-electron chi connectivity index (χ2n) is 6.10. The normalized spacial score (nSPS) is 17.7. The second-order valence-corrected chi connectivity index (χ2v) is 8.25. The van der Waals surface area contributed by atoms with Gasteiger partial charge in [-0.25, -0.2) is 12.7 Å². The molecule has 2 N–H and O–H groups in total. The van der Waals surface area contributed by atoms with Crippen LogP contribution in [-0.2, 0) is 15.6 Å². The molecule has 0 aliphatic heterocycles. The Balaban J connectivity index is 1.96. The Labute approximate surface area is 135 Å². The molecule has 2 aromatic rings. The Morgan fingerprint density at radius 3 is 2.61 bits per heavy atom. The van der Waals surface area contributed by atoms with Crippen molar-refractivity contribution in [1.82, 2.24) is 14.4 Å². The van der Waals surface area contributed by atoms with E-state index in [0.29, 0.717) is 11.4 Å². The molecule has 3 rings (SSSR count). The molecular formula is C15H20N4O3S. The molecule has 0 amide bonds. The molecule has 8 heteroatoms.